The summed E-state index contributed by atoms with van der Waals surface area (Å²) in [5.74, 6) is 0.858. The quantitative estimate of drug-likeness (QED) is 0.662. The number of allylic oxidation sites excluding steroid dienone is 1. The third kappa shape index (κ3) is 2.43. The second-order valence-corrected chi connectivity index (χ2v) is 7.94. The van der Waals surface area contributed by atoms with Crippen LogP contribution in [0.2, 0.25) is 0 Å². The standard InChI is InChI=1S/C20H28O4/c1-6-12(2)18(22)24-20-8-15(21)7-14(4)19(20,5)9-16-13(3)11-23-17(16)10-20/h6,11,14-15,21H,7-10H2,1-5H3/b12-6-/t14-,15+,19+,20-/m0/s1. The highest BCUT2D eigenvalue weighted by Crippen LogP contribution is 2.57. The molecule has 3 rings (SSSR count). The lowest BCUT2D eigenvalue weighted by Gasteiger charge is -2.57. The second kappa shape index (κ2) is 5.76. The smallest absolute Gasteiger partial charge is 0.333 e. The van der Waals surface area contributed by atoms with Gasteiger partial charge in [0.1, 0.15) is 11.4 Å². The molecule has 0 unspecified atom stereocenters. The van der Waals surface area contributed by atoms with E-state index in [0.29, 0.717) is 18.4 Å². The van der Waals surface area contributed by atoms with E-state index < -0.39 is 11.7 Å². The van der Waals surface area contributed by atoms with Crippen LogP contribution in [-0.4, -0.2) is 22.8 Å². The first-order valence-corrected chi connectivity index (χ1v) is 8.82. The molecule has 2 aliphatic carbocycles. The molecule has 0 spiro atoms. The Hall–Kier alpha value is -1.55. The van der Waals surface area contributed by atoms with Gasteiger partial charge in [-0.25, -0.2) is 4.79 Å². The zero-order chi connectivity index (χ0) is 17.7. The van der Waals surface area contributed by atoms with Gasteiger partial charge in [0.15, 0.2) is 0 Å². The van der Waals surface area contributed by atoms with Gasteiger partial charge in [0.2, 0.25) is 0 Å². The molecule has 0 bridgehead atoms. The van der Waals surface area contributed by atoms with Gasteiger partial charge in [-0.15, -0.1) is 0 Å². The van der Waals surface area contributed by atoms with Gasteiger partial charge in [0.05, 0.1) is 12.4 Å². The third-order valence-electron chi connectivity index (χ3n) is 6.54. The normalized spacial score (nSPS) is 36.0. The van der Waals surface area contributed by atoms with Crippen LogP contribution in [0, 0.1) is 18.3 Å². The molecule has 0 saturated heterocycles. The number of aryl methyl sites for hydroxylation is 1. The summed E-state index contributed by atoms with van der Waals surface area (Å²) < 4.78 is 11.9. The van der Waals surface area contributed by atoms with Crippen molar-refractivity contribution in [1.29, 1.82) is 0 Å². The molecule has 1 saturated carbocycles. The van der Waals surface area contributed by atoms with Crippen LogP contribution in [0.15, 0.2) is 22.3 Å². The number of fused-ring (bicyclic) bond motifs is 2. The fraction of sp³-hybridized carbons (Fsp3) is 0.650. The Kier molecular flexibility index (Phi) is 4.15. The molecule has 132 valence electrons. The molecule has 1 N–H and O–H groups in total. The lowest BCUT2D eigenvalue weighted by atomic mass is 9.52. The number of hydrogen-bond acceptors (Lipinski definition) is 4. The largest absolute Gasteiger partial charge is 0.469 e. The van der Waals surface area contributed by atoms with Crippen molar-refractivity contribution in [3.8, 4) is 0 Å². The van der Waals surface area contributed by atoms with E-state index in [2.05, 4.69) is 20.8 Å². The van der Waals surface area contributed by atoms with Crippen LogP contribution in [0.5, 0.6) is 0 Å². The summed E-state index contributed by atoms with van der Waals surface area (Å²) >= 11 is 0. The average Bonchev–Trinajstić information content (AvgIpc) is 2.85. The lowest BCUT2D eigenvalue weighted by Crippen LogP contribution is -2.62. The third-order valence-corrected chi connectivity index (χ3v) is 6.54. The fourth-order valence-corrected chi connectivity index (χ4v) is 4.53. The van der Waals surface area contributed by atoms with Crippen molar-refractivity contribution in [3.05, 3.63) is 34.8 Å². The van der Waals surface area contributed by atoms with Gasteiger partial charge in [-0.05, 0) is 50.7 Å². The average molecular weight is 332 g/mol. The molecular weight excluding hydrogens is 304 g/mol. The molecule has 4 heteroatoms. The highest BCUT2D eigenvalue weighted by molar-refractivity contribution is 5.88. The van der Waals surface area contributed by atoms with Crippen molar-refractivity contribution in [1.82, 2.24) is 0 Å². The molecule has 2 aliphatic rings. The first-order chi connectivity index (χ1) is 11.2. The summed E-state index contributed by atoms with van der Waals surface area (Å²) in [4.78, 5) is 12.6. The van der Waals surface area contributed by atoms with Crippen molar-refractivity contribution in [2.24, 2.45) is 11.3 Å². The van der Waals surface area contributed by atoms with Gasteiger partial charge >= 0.3 is 5.97 Å². The van der Waals surface area contributed by atoms with Crippen molar-refractivity contribution in [3.63, 3.8) is 0 Å². The Bertz CT molecular complexity index is 686. The summed E-state index contributed by atoms with van der Waals surface area (Å²) in [6, 6.07) is 0. The minimum Gasteiger partial charge on any atom is -0.469 e. The Morgan fingerprint density at radius 1 is 1.46 bits per heavy atom. The zero-order valence-corrected chi connectivity index (χ0v) is 15.3. The van der Waals surface area contributed by atoms with Gasteiger partial charge in [-0.2, -0.15) is 0 Å². The molecule has 1 heterocycles. The van der Waals surface area contributed by atoms with Crippen LogP contribution in [0.25, 0.3) is 0 Å². The van der Waals surface area contributed by atoms with Gasteiger partial charge in [0, 0.05) is 23.8 Å². The minimum atomic E-state index is -0.720. The maximum absolute atomic E-state index is 12.6. The highest BCUT2D eigenvalue weighted by Gasteiger charge is 2.61. The maximum Gasteiger partial charge on any atom is 0.333 e. The first-order valence-electron chi connectivity index (χ1n) is 8.82. The Morgan fingerprint density at radius 2 is 2.17 bits per heavy atom. The molecular formula is C20H28O4. The summed E-state index contributed by atoms with van der Waals surface area (Å²) in [7, 11) is 0. The Balaban J connectivity index is 2.08. The fourth-order valence-electron chi connectivity index (χ4n) is 4.53. The van der Waals surface area contributed by atoms with Crippen LogP contribution < -0.4 is 0 Å². The molecule has 1 aromatic rings. The molecule has 0 aliphatic heterocycles. The molecule has 0 radical (unpaired) electrons. The molecule has 1 fully saturated rings. The molecule has 24 heavy (non-hydrogen) atoms. The monoisotopic (exact) mass is 332 g/mol. The predicted molar refractivity (Wildman–Crippen MR) is 91.6 cm³/mol. The molecule has 4 atom stereocenters. The zero-order valence-electron chi connectivity index (χ0n) is 15.3. The van der Waals surface area contributed by atoms with E-state index in [1.807, 2.05) is 6.92 Å². The number of carbonyl (C=O) groups excluding carboxylic acids is 1. The van der Waals surface area contributed by atoms with Crippen LogP contribution in [0.4, 0.5) is 0 Å². The van der Waals surface area contributed by atoms with Crippen molar-refractivity contribution < 1.29 is 19.1 Å². The molecule has 0 aromatic carbocycles. The van der Waals surface area contributed by atoms with E-state index in [4.69, 9.17) is 9.15 Å². The van der Waals surface area contributed by atoms with Gasteiger partial charge in [0.25, 0.3) is 0 Å². The van der Waals surface area contributed by atoms with E-state index in [0.717, 1.165) is 24.2 Å². The van der Waals surface area contributed by atoms with E-state index in [1.165, 1.54) is 5.56 Å². The number of esters is 1. The number of rotatable bonds is 2. The summed E-state index contributed by atoms with van der Waals surface area (Å²) in [5.41, 5.74) is 2.07. The Labute approximate surface area is 143 Å². The van der Waals surface area contributed by atoms with Crippen LogP contribution in [0.3, 0.4) is 0 Å². The van der Waals surface area contributed by atoms with E-state index >= 15 is 0 Å². The van der Waals surface area contributed by atoms with Crippen molar-refractivity contribution in [2.45, 2.75) is 72.0 Å². The molecule has 4 nitrogen and oxygen atoms in total. The minimum absolute atomic E-state index is 0.211. The van der Waals surface area contributed by atoms with Gasteiger partial charge < -0.3 is 14.3 Å². The summed E-state index contributed by atoms with van der Waals surface area (Å²) in [6.07, 6.45) is 5.67. The maximum atomic E-state index is 12.6. The predicted octanol–water partition coefficient (Wildman–Crippen LogP) is 3.73. The highest BCUT2D eigenvalue weighted by atomic mass is 16.6. The first kappa shape index (κ1) is 17.3. The van der Waals surface area contributed by atoms with Gasteiger partial charge in [-0.1, -0.05) is 19.9 Å². The number of aliphatic hydroxyl groups excluding tert-OH is 1. The van der Waals surface area contributed by atoms with Crippen molar-refractivity contribution in [2.75, 3.05) is 0 Å². The van der Waals surface area contributed by atoms with Crippen LogP contribution in [0.1, 0.15) is 57.4 Å². The topological polar surface area (TPSA) is 59.7 Å². The Morgan fingerprint density at radius 3 is 2.83 bits per heavy atom. The summed E-state index contributed by atoms with van der Waals surface area (Å²) in [6.45, 7) is 10.0. The van der Waals surface area contributed by atoms with E-state index in [-0.39, 0.29) is 17.3 Å². The number of furan rings is 1. The molecule has 1 aromatic heterocycles. The SMILES string of the molecule is C/C=C(/C)C(=O)O[C@@]12Cc3occ(C)c3C[C@]1(C)[C@@H](C)C[C@@H](O)C2. The van der Waals surface area contributed by atoms with Crippen LogP contribution >= 0.6 is 0 Å². The van der Waals surface area contributed by atoms with E-state index in [1.54, 1.807) is 19.3 Å². The number of ether oxygens (including phenoxy) is 1. The van der Waals surface area contributed by atoms with Crippen LogP contribution in [-0.2, 0) is 22.4 Å². The summed E-state index contributed by atoms with van der Waals surface area (Å²) in [5, 5.41) is 10.4. The number of hydrogen-bond donors (Lipinski definition) is 1. The van der Waals surface area contributed by atoms with E-state index in [9.17, 15) is 9.90 Å². The number of carbonyl (C=O) groups is 1. The number of aliphatic hydroxyl groups is 1. The van der Waals surface area contributed by atoms with Crippen molar-refractivity contribution >= 4 is 5.97 Å². The second-order valence-electron chi connectivity index (χ2n) is 7.94. The molecule has 0 amide bonds. The van der Waals surface area contributed by atoms with Gasteiger partial charge in [-0.3, -0.25) is 0 Å². The lowest BCUT2D eigenvalue weighted by molar-refractivity contribution is -0.204.